The van der Waals surface area contributed by atoms with Crippen LogP contribution < -0.4 is 11.5 Å². The van der Waals surface area contributed by atoms with E-state index in [1.165, 1.54) is 5.56 Å². The minimum atomic E-state index is 0.113. The first-order valence-corrected chi connectivity index (χ1v) is 5.34. The highest BCUT2D eigenvalue weighted by Gasteiger charge is 1.97. The van der Waals surface area contributed by atoms with Gasteiger partial charge in [0.2, 0.25) is 0 Å². The van der Waals surface area contributed by atoms with Gasteiger partial charge >= 0.3 is 0 Å². The number of rotatable bonds is 4. The Morgan fingerprint density at radius 3 is 2.76 bits per heavy atom. The van der Waals surface area contributed by atoms with E-state index in [0.29, 0.717) is 6.54 Å². The lowest BCUT2D eigenvalue weighted by molar-refractivity contribution is 0.686. The van der Waals surface area contributed by atoms with Crippen LogP contribution in [0.5, 0.6) is 0 Å². The molecule has 2 rings (SSSR count). The number of nitrogens with two attached hydrogens (primary N) is 2. The molecule has 0 atom stereocenters. The zero-order valence-corrected chi connectivity index (χ0v) is 9.45. The molecule has 5 heteroatoms. The summed E-state index contributed by atoms with van der Waals surface area (Å²) < 4.78 is 1.87. The highest BCUT2D eigenvalue weighted by atomic mass is 15.3. The number of aromatic nitrogens is 2. The molecule has 1 heterocycles. The van der Waals surface area contributed by atoms with Crippen LogP contribution in [0.1, 0.15) is 11.1 Å². The fraction of sp³-hybridized carbons (Fsp3) is 0.167. The number of nitrogens with zero attached hydrogens (tertiary/aromatic N) is 3. The van der Waals surface area contributed by atoms with E-state index < -0.39 is 0 Å². The molecule has 0 amide bonds. The van der Waals surface area contributed by atoms with E-state index >= 15 is 0 Å². The van der Waals surface area contributed by atoms with Gasteiger partial charge in [-0.1, -0.05) is 24.3 Å². The molecule has 2 aromatic rings. The average Bonchev–Trinajstić information content (AvgIpc) is 2.80. The van der Waals surface area contributed by atoms with Crippen molar-refractivity contribution in [3.63, 3.8) is 0 Å². The van der Waals surface area contributed by atoms with Crippen LogP contribution in [0.25, 0.3) is 0 Å². The summed E-state index contributed by atoms with van der Waals surface area (Å²) in [5, 5.41) is 4.16. The standard InChI is InChI=1S/C12H15N5/c13-12(14)15-8-10-3-1-4-11(7-10)9-17-6-2-5-16-17/h1-7H,8-9H2,(H4,13,14,15). The zero-order chi connectivity index (χ0) is 12.1. The van der Waals surface area contributed by atoms with E-state index in [9.17, 15) is 0 Å². The molecule has 0 aliphatic carbocycles. The minimum absolute atomic E-state index is 0.113. The Balaban J connectivity index is 2.09. The van der Waals surface area contributed by atoms with Gasteiger partial charge in [-0.05, 0) is 17.2 Å². The van der Waals surface area contributed by atoms with Crippen molar-refractivity contribution in [1.29, 1.82) is 0 Å². The van der Waals surface area contributed by atoms with Crippen molar-refractivity contribution in [1.82, 2.24) is 9.78 Å². The predicted molar refractivity (Wildman–Crippen MR) is 67.3 cm³/mol. The molecule has 4 N–H and O–H groups in total. The number of benzene rings is 1. The van der Waals surface area contributed by atoms with Crippen LogP contribution in [0.2, 0.25) is 0 Å². The Kier molecular flexibility index (Phi) is 3.40. The van der Waals surface area contributed by atoms with Gasteiger partial charge in [-0.25, -0.2) is 4.99 Å². The van der Waals surface area contributed by atoms with E-state index in [1.54, 1.807) is 6.20 Å². The van der Waals surface area contributed by atoms with E-state index in [1.807, 2.05) is 29.1 Å². The zero-order valence-electron chi connectivity index (χ0n) is 9.45. The molecule has 0 fully saturated rings. The van der Waals surface area contributed by atoms with Gasteiger partial charge in [0.15, 0.2) is 5.96 Å². The van der Waals surface area contributed by atoms with Crippen LogP contribution in [0.3, 0.4) is 0 Å². The molecule has 0 saturated heterocycles. The number of hydrogen-bond acceptors (Lipinski definition) is 2. The molecule has 0 unspecified atom stereocenters. The number of aliphatic imine (C=N–C) groups is 1. The molecule has 1 aromatic heterocycles. The van der Waals surface area contributed by atoms with Crippen molar-refractivity contribution >= 4 is 5.96 Å². The summed E-state index contributed by atoms with van der Waals surface area (Å²) >= 11 is 0. The van der Waals surface area contributed by atoms with E-state index in [2.05, 4.69) is 22.2 Å². The van der Waals surface area contributed by atoms with Gasteiger partial charge in [-0.3, -0.25) is 4.68 Å². The van der Waals surface area contributed by atoms with Crippen LogP contribution in [0.4, 0.5) is 0 Å². The van der Waals surface area contributed by atoms with E-state index in [-0.39, 0.29) is 5.96 Å². The maximum atomic E-state index is 5.30. The third-order valence-corrected chi connectivity index (χ3v) is 2.34. The molecule has 0 aliphatic heterocycles. The van der Waals surface area contributed by atoms with Gasteiger partial charge in [0, 0.05) is 12.4 Å². The fourth-order valence-electron chi connectivity index (χ4n) is 1.59. The van der Waals surface area contributed by atoms with Crippen molar-refractivity contribution in [2.24, 2.45) is 16.5 Å². The van der Waals surface area contributed by atoms with Crippen LogP contribution in [-0.4, -0.2) is 15.7 Å². The SMILES string of the molecule is NC(N)=NCc1cccc(Cn2cccn2)c1. The van der Waals surface area contributed by atoms with Crippen molar-refractivity contribution < 1.29 is 0 Å². The molecule has 0 radical (unpaired) electrons. The van der Waals surface area contributed by atoms with Gasteiger partial charge in [-0.15, -0.1) is 0 Å². The Morgan fingerprint density at radius 1 is 1.24 bits per heavy atom. The van der Waals surface area contributed by atoms with Crippen LogP contribution in [0, 0.1) is 0 Å². The third-order valence-electron chi connectivity index (χ3n) is 2.34. The quantitative estimate of drug-likeness (QED) is 0.598. The normalized spacial score (nSPS) is 10.1. The highest BCUT2D eigenvalue weighted by Crippen LogP contribution is 2.08. The smallest absolute Gasteiger partial charge is 0.186 e. The molecule has 1 aromatic carbocycles. The van der Waals surface area contributed by atoms with Crippen molar-refractivity contribution in [3.05, 3.63) is 53.9 Å². The summed E-state index contributed by atoms with van der Waals surface area (Å²) in [4.78, 5) is 3.98. The van der Waals surface area contributed by atoms with Gasteiger partial charge in [0.1, 0.15) is 0 Å². The molecular weight excluding hydrogens is 214 g/mol. The van der Waals surface area contributed by atoms with Gasteiger partial charge < -0.3 is 11.5 Å². The second-order valence-electron chi connectivity index (χ2n) is 3.76. The summed E-state index contributed by atoms with van der Waals surface area (Å²) in [5.74, 6) is 0.113. The monoisotopic (exact) mass is 229 g/mol. The number of hydrogen-bond donors (Lipinski definition) is 2. The summed E-state index contributed by atoms with van der Waals surface area (Å²) in [6, 6.07) is 10.0. The van der Waals surface area contributed by atoms with E-state index in [0.717, 1.165) is 12.1 Å². The van der Waals surface area contributed by atoms with Gasteiger partial charge in [0.05, 0.1) is 13.1 Å². The largest absolute Gasteiger partial charge is 0.370 e. The number of guanidine groups is 1. The maximum Gasteiger partial charge on any atom is 0.186 e. The summed E-state index contributed by atoms with van der Waals surface area (Å²) in [5.41, 5.74) is 12.9. The van der Waals surface area contributed by atoms with Gasteiger partial charge in [-0.2, -0.15) is 5.10 Å². The lowest BCUT2D eigenvalue weighted by Crippen LogP contribution is -2.22. The first kappa shape index (κ1) is 11.2. The Morgan fingerprint density at radius 2 is 2.06 bits per heavy atom. The minimum Gasteiger partial charge on any atom is -0.370 e. The molecule has 5 nitrogen and oxygen atoms in total. The molecule has 0 saturated carbocycles. The fourth-order valence-corrected chi connectivity index (χ4v) is 1.59. The summed E-state index contributed by atoms with van der Waals surface area (Å²) in [6.45, 7) is 1.26. The lowest BCUT2D eigenvalue weighted by Gasteiger charge is -2.04. The van der Waals surface area contributed by atoms with Crippen molar-refractivity contribution in [3.8, 4) is 0 Å². The van der Waals surface area contributed by atoms with Crippen LogP contribution >= 0.6 is 0 Å². The molecule has 17 heavy (non-hydrogen) atoms. The summed E-state index contributed by atoms with van der Waals surface area (Å²) in [7, 11) is 0. The van der Waals surface area contributed by atoms with Crippen LogP contribution in [0.15, 0.2) is 47.7 Å². The Labute approximate surface area is 99.8 Å². The van der Waals surface area contributed by atoms with Crippen molar-refractivity contribution in [2.75, 3.05) is 0 Å². The first-order valence-electron chi connectivity index (χ1n) is 5.34. The van der Waals surface area contributed by atoms with Crippen molar-refractivity contribution in [2.45, 2.75) is 13.1 Å². The third kappa shape index (κ3) is 3.34. The average molecular weight is 229 g/mol. The molecule has 0 bridgehead atoms. The Hall–Kier alpha value is -2.30. The Bertz CT molecular complexity index is 497. The lowest BCUT2D eigenvalue weighted by atomic mass is 10.1. The second-order valence-corrected chi connectivity index (χ2v) is 3.76. The van der Waals surface area contributed by atoms with E-state index in [4.69, 9.17) is 11.5 Å². The topological polar surface area (TPSA) is 82.2 Å². The molecule has 0 spiro atoms. The predicted octanol–water partition coefficient (Wildman–Crippen LogP) is 0.705. The molecule has 0 aliphatic rings. The maximum absolute atomic E-state index is 5.30. The second kappa shape index (κ2) is 5.16. The molecular formula is C12H15N5. The molecule has 88 valence electrons. The van der Waals surface area contributed by atoms with Gasteiger partial charge in [0.25, 0.3) is 0 Å². The first-order chi connectivity index (χ1) is 8.24. The summed E-state index contributed by atoms with van der Waals surface area (Å²) in [6.07, 6.45) is 3.70. The van der Waals surface area contributed by atoms with Crippen LogP contribution in [-0.2, 0) is 13.1 Å². The highest BCUT2D eigenvalue weighted by molar-refractivity contribution is 5.75.